The van der Waals surface area contributed by atoms with E-state index in [9.17, 15) is 28.9 Å². The van der Waals surface area contributed by atoms with Gasteiger partial charge in [0, 0.05) is 19.3 Å². The van der Waals surface area contributed by atoms with Crippen molar-refractivity contribution in [1.82, 2.24) is 0 Å². The highest BCUT2D eigenvalue weighted by molar-refractivity contribution is 7.47. The summed E-state index contributed by atoms with van der Waals surface area (Å²) in [7, 11) is -4.77. The molecule has 2 N–H and O–H groups in total. The van der Waals surface area contributed by atoms with Crippen LogP contribution in [-0.2, 0) is 42.2 Å². The molecule has 0 saturated carbocycles. The quantitative estimate of drug-likeness (QED) is 0.0197. The largest absolute Gasteiger partial charge is 0.472 e. The molecule has 0 aromatic heterocycles. The third-order valence-corrected chi connectivity index (χ3v) is 13.4. The van der Waals surface area contributed by atoms with E-state index in [-0.39, 0.29) is 25.9 Å². The number of rotatable bonds is 55. The van der Waals surface area contributed by atoms with Gasteiger partial charge in [0.05, 0.1) is 19.8 Å². The lowest BCUT2D eigenvalue weighted by atomic mass is 10.1. The molecular formula is C64H109O11P. The summed E-state index contributed by atoms with van der Waals surface area (Å²) in [5.74, 6) is -1.55. The van der Waals surface area contributed by atoms with Crippen molar-refractivity contribution in [1.29, 1.82) is 0 Å². The van der Waals surface area contributed by atoms with Gasteiger partial charge < -0.3 is 24.2 Å². The van der Waals surface area contributed by atoms with Crippen LogP contribution in [0.3, 0.4) is 0 Å². The molecule has 11 nitrogen and oxygen atoms in total. The molecular weight excluding hydrogens is 976 g/mol. The fraction of sp³-hybridized carbons (Fsp3) is 0.703. The summed E-state index contributed by atoms with van der Waals surface area (Å²) < 4.78 is 39.5. The summed E-state index contributed by atoms with van der Waals surface area (Å²) >= 11 is 0. The maximum absolute atomic E-state index is 12.9. The molecule has 0 spiro atoms. The van der Waals surface area contributed by atoms with Crippen molar-refractivity contribution in [3.8, 4) is 0 Å². The van der Waals surface area contributed by atoms with Crippen molar-refractivity contribution in [2.75, 3.05) is 26.4 Å². The van der Waals surface area contributed by atoms with E-state index in [1.807, 2.05) is 6.08 Å². The second kappa shape index (κ2) is 57.6. The minimum absolute atomic E-state index is 0.143. The number of hydrogen-bond acceptors (Lipinski definition) is 10. The Bertz CT molecular complexity index is 1640. The zero-order valence-corrected chi connectivity index (χ0v) is 49.1. The van der Waals surface area contributed by atoms with Gasteiger partial charge in [0.2, 0.25) is 0 Å². The summed E-state index contributed by atoms with van der Waals surface area (Å²) in [4.78, 5) is 48.6. The number of esters is 3. The van der Waals surface area contributed by atoms with E-state index in [0.717, 1.165) is 103 Å². The first kappa shape index (κ1) is 72.4. The van der Waals surface area contributed by atoms with Gasteiger partial charge in [-0.15, -0.1) is 0 Å². The SMILES string of the molecule is CC/C=C\C/C=C\C/C=C\C/C=C\C/C=C\CCCC(=O)OCC(COP(=O)(O)OCC(CO)OC(=O)CCCCCCC/C=C\CCCCCC)OC(=O)CCCCCCCCCCC/C=C\C/C=C\CCCCC. The Morgan fingerprint density at radius 2 is 0.697 bits per heavy atom. The van der Waals surface area contributed by atoms with Gasteiger partial charge in [-0.3, -0.25) is 23.4 Å². The van der Waals surface area contributed by atoms with Gasteiger partial charge in [-0.05, 0) is 116 Å². The summed E-state index contributed by atoms with van der Waals surface area (Å²) in [6.45, 7) is 4.42. The number of ether oxygens (including phenoxy) is 3. The number of phosphoric ester groups is 1. The molecule has 0 aliphatic rings. The van der Waals surface area contributed by atoms with Crippen LogP contribution in [-0.4, -0.2) is 66.5 Å². The second-order valence-electron chi connectivity index (χ2n) is 19.8. The van der Waals surface area contributed by atoms with Crippen molar-refractivity contribution in [3.63, 3.8) is 0 Å². The van der Waals surface area contributed by atoms with Gasteiger partial charge in [0.25, 0.3) is 0 Å². The van der Waals surface area contributed by atoms with Crippen molar-refractivity contribution in [2.45, 2.75) is 264 Å². The van der Waals surface area contributed by atoms with Crippen molar-refractivity contribution >= 4 is 25.7 Å². The average molecular weight is 1090 g/mol. The van der Waals surface area contributed by atoms with E-state index in [1.54, 1.807) is 0 Å². The van der Waals surface area contributed by atoms with Crippen LogP contribution in [0.2, 0.25) is 0 Å². The number of phosphoric acid groups is 1. The number of hydrogen-bond donors (Lipinski definition) is 2. The number of carbonyl (C=O) groups is 3. The minimum Gasteiger partial charge on any atom is -0.462 e. The molecule has 3 atom stereocenters. The van der Waals surface area contributed by atoms with Crippen LogP contribution >= 0.6 is 7.82 Å². The maximum Gasteiger partial charge on any atom is 0.472 e. The number of carbonyl (C=O) groups excluding carboxylic acids is 3. The lowest BCUT2D eigenvalue weighted by Gasteiger charge is -2.21. The van der Waals surface area contributed by atoms with Crippen LogP contribution in [0.5, 0.6) is 0 Å². The standard InChI is InChI=1S/C64H109O11P/c1-4-7-10-13-16-19-22-25-27-29-30-32-34-37-40-43-46-49-52-55-64(68)75-61(57-71-62(66)53-50-47-44-41-38-36-33-31-28-26-23-20-17-14-11-8-5-2)59-73-76(69,70)72-58-60(56-65)74-63(67)54-51-48-45-42-39-35-24-21-18-15-12-9-6-3/h8,11,16-17,19-21,24-28,33,36,41,44,60-61,65H,4-7,9-10,12-15,18,22-23,29-32,34-35,37-40,42-43,45-59H2,1-3H3,(H,69,70)/b11-8-,19-16-,20-17-,24-21-,27-25-,28-26-,36-33-,44-41-. The molecule has 0 bridgehead atoms. The van der Waals surface area contributed by atoms with Crippen molar-refractivity contribution in [2.24, 2.45) is 0 Å². The number of aliphatic hydroxyl groups is 1. The Morgan fingerprint density at radius 3 is 1.13 bits per heavy atom. The third-order valence-electron chi connectivity index (χ3n) is 12.5. The highest BCUT2D eigenvalue weighted by Crippen LogP contribution is 2.43. The molecule has 0 saturated heterocycles. The molecule has 3 unspecified atom stereocenters. The smallest absolute Gasteiger partial charge is 0.462 e. The Hall–Kier alpha value is -3.60. The molecule has 76 heavy (non-hydrogen) atoms. The lowest BCUT2D eigenvalue weighted by Crippen LogP contribution is -2.30. The molecule has 0 aromatic carbocycles. The third kappa shape index (κ3) is 55.2. The Balaban J connectivity index is 4.81. The van der Waals surface area contributed by atoms with Crippen molar-refractivity contribution in [3.05, 3.63) is 97.2 Å². The fourth-order valence-corrected chi connectivity index (χ4v) is 8.67. The molecule has 0 rings (SSSR count). The van der Waals surface area contributed by atoms with Crippen LogP contribution in [0.15, 0.2) is 97.2 Å². The molecule has 0 fully saturated rings. The number of unbranched alkanes of at least 4 members (excludes halogenated alkanes) is 22. The van der Waals surface area contributed by atoms with Crippen molar-refractivity contribution < 1.29 is 52.2 Å². The highest BCUT2D eigenvalue weighted by Gasteiger charge is 2.28. The zero-order valence-electron chi connectivity index (χ0n) is 48.2. The van der Waals surface area contributed by atoms with Crippen LogP contribution in [0.4, 0.5) is 0 Å². The van der Waals surface area contributed by atoms with E-state index in [0.29, 0.717) is 25.7 Å². The van der Waals surface area contributed by atoms with Crippen LogP contribution in [0.25, 0.3) is 0 Å². The molecule has 436 valence electrons. The maximum atomic E-state index is 12.9. The van der Waals surface area contributed by atoms with E-state index < -0.39 is 57.8 Å². The molecule has 0 amide bonds. The van der Waals surface area contributed by atoms with E-state index >= 15 is 0 Å². The first-order chi connectivity index (χ1) is 37.2. The highest BCUT2D eigenvalue weighted by atomic mass is 31.2. The monoisotopic (exact) mass is 1080 g/mol. The Labute approximate surface area is 463 Å². The minimum atomic E-state index is -4.77. The van der Waals surface area contributed by atoms with E-state index in [4.69, 9.17) is 23.3 Å². The molecule has 0 aliphatic heterocycles. The summed E-state index contributed by atoms with van der Waals surface area (Å²) in [6, 6.07) is 0. The van der Waals surface area contributed by atoms with Gasteiger partial charge >= 0.3 is 25.7 Å². The first-order valence-electron chi connectivity index (χ1n) is 30.1. The predicted molar refractivity (Wildman–Crippen MR) is 316 cm³/mol. The first-order valence-corrected chi connectivity index (χ1v) is 31.6. The van der Waals surface area contributed by atoms with Crippen LogP contribution in [0, 0.1) is 0 Å². The number of aliphatic hydroxyl groups excluding tert-OH is 1. The van der Waals surface area contributed by atoms with Gasteiger partial charge in [-0.1, -0.05) is 214 Å². The fourth-order valence-electron chi connectivity index (χ4n) is 7.89. The molecule has 0 aromatic rings. The predicted octanol–water partition coefficient (Wildman–Crippen LogP) is 18.0. The normalized spacial score (nSPS) is 14.0. The van der Waals surface area contributed by atoms with Gasteiger partial charge in [0.15, 0.2) is 6.10 Å². The topological polar surface area (TPSA) is 155 Å². The molecule has 12 heteroatoms. The number of allylic oxidation sites excluding steroid dienone is 16. The summed E-state index contributed by atoms with van der Waals surface area (Å²) in [6.07, 6.45) is 67.9. The zero-order chi connectivity index (χ0) is 55.5. The Morgan fingerprint density at radius 1 is 0.382 bits per heavy atom. The molecule has 0 heterocycles. The van der Waals surface area contributed by atoms with Crippen LogP contribution in [0.1, 0.15) is 252 Å². The molecule has 0 radical (unpaired) electrons. The average Bonchev–Trinajstić information content (AvgIpc) is 3.41. The van der Waals surface area contributed by atoms with E-state index in [2.05, 4.69) is 112 Å². The van der Waals surface area contributed by atoms with Gasteiger partial charge in [-0.2, -0.15) is 0 Å². The summed E-state index contributed by atoms with van der Waals surface area (Å²) in [5.41, 5.74) is 0. The van der Waals surface area contributed by atoms with E-state index in [1.165, 1.54) is 83.5 Å². The lowest BCUT2D eigenvalue weighted by molar-refractivity contribution is -0.161. The second-order valence-corrected chi connectivity index (χ2v) is 21.2. The van der Waals surface area contributed by atoms with Crippen LogP contribution < -0.4 is 0 Å². The van der Waals surface area contributed by atoms with Gasteiger partial charge in [0.1, 0.15) is 12.7 Å². The summed E-state index contributed by atoms with van der Waals surface area (Å²) in [5, 5.41) is 9.82. The molecule has 0 aliphatic carbocycles. The Kier molecular flexibility index (Phi) is 54.8. The van der Waals surface area contributed by atoms with Gasteiger partial charge in [-0.25, -0.2) is 4.57 Å².